The predicted molar refractivity (Wildman–Crippen MR) is 81.7 cm³/mol. The number of Topliss-reactive ketones (excluding diaryl/α,β-unsaturated/α-hetero) is 2. The van der Waals surface area contributed by atoms with E-state index in [4.69, 9.17) is 10.4 Å². The van der Waals surface area contributed by atoms with Crippen LogP contribution in [-0.4, -0.2) is 41.2 Å². The molecular weight excluding hydrogens is 324 g/mol. The fourth-order valence-corrected chi connectivity index (χ4v) is 2.95. The van der Waals surface area contributed by atoms with E-state index < -0.39 is 38.6 Å². The number of carbonyl (C=O) groups excluding carboxylic acids is 2. The zero-order valence-electron chi connectivity index (χ0n) is 12.6. The summed E-state index contributed by atoms with van der Waals surface area (Å²) < 4.78 is 24.8. The molecule has 0 fully saturated rings. The first-order valence-corrected chi connectivity index (χ1v) is 8.07. The molecular formula is C14H16N2O6S. The summed E-state index contributed by atoms with van der Waals surface area (Å²) in [6.45, 7) is 3.22. The number of aryl methyl sites for hydroxylation is 1. The van der Waals surface area contributed by atoms with Gasteiger partial charge in [-0.3, -0.25) is 9.59 Å². The number of rotatable bonds is 6. The van der Waals surface area contributed by atoms with Crippen LogP contribution in [0.5, 0.6) is 0 Å². The molecule has 0 atom stereocenters. The Morgan fingerprint density at radius 1 is 1.04 bits per heavy atom. The molecule has 8 nitrogen and oxygen atoms in total. The topological polar surface area (TPSA) is 133 Å². The second-order valence-corrected chi connectivity index (χ2v) is 6.51. The second kappa shape index (κ2) is 7.63. The lowest BCUT2D eigenvalue weighted by Crippen LogP contribution is -2.29. The SMILES string of the molecule is CCC(=O)C(=O)CC(=N\O)/C(=N/O)S(=O)(=O)c1ccc(C)cc1. The Kier molecular flexibility index (Phi) is 6.14. The third-order valence-electron chi connectivity index (χ3n) is 3.00. The lowest BCUT2D eigenvalue weighted by molar-refractivity contribution is -0.135. The smallest absolute Gasteiger partial charge is 0.229 e. The number of nitrogens with zero attached hydrogens (tertiary/aromatic N) is 2. The largest absolute Gasteiger partial charge is 0.411 e. The van der Waals surface area contributed by atoms with Gasteiger partial charge in [-0.1, -0.05) is 34.9 Å². The summed E-state index contributed by atoms with van der Waals surface area (Å²) in [5.41, 5.74) is 0.103. The molecule has 0 amide bonds. The lowest BCUT2D eigenvalue weighted by Gasteiger charge is -2.08. The molecule has 1 aromatic rings. The monoisotopic (exact) mass is 340 g/mol. The van der Waals surface area contributed by atoms with Crippen LogP contribution in [0.15, 0.2) is 39.5 Å². The molecule has 0 aliphatic rings. The van der Waals surface area contributed by atoms with Gasteiger partial charge in [-0.25, -0.2) is 8.42 Å². The van der Waals surface area contributed by atoms with Crippen LogP contribution in [0.3, 0.4) is 0 Å². The molecule has 0 unspecified atom stereocenters. The summed E-state index contributed by atoms with van der Waals surface area (Å²) in [6.07, 6.45) is -0.860. The molecule has 1 rings (SSSR count). The maximum atomic E-state index is 12.4. The van der Waals surface area contributed by atoms with Crippen molar-refractivity contribution >= 4 is 32.2 Å². The Bertz CT molecular complexity index is 763. The molecule has 2 N–H and O–H groups in total. The number of benzene rings is 1. The van der Waals surface area contributed by atoms with Crippen LogP contribution in [0, 0.1) is 6.92 Å². The normalized spacial score (nSPS) is 13.0. The fraction of sp³-hybridized carbons (Fsp3) is 0.286. The third kappa shape index (κ3) is 4.22. The maximum absolute atomic E-state index is 12.4. The highest BCUT2D eigenvalue weighted by Crippen LogP contribution is 2.16. The van der Waals surface area contributed by atoms with Crippen LogP contribution in [0.1, 0.15) is 25.3 Å². The minimum atomic E-state index is -4.31. The van der Waals surface area contributed by atoms with Crippen molar-refractivity contribution in [3.8, 4) is 0 Å². The number of carbonyl (C=O) groups is 2. The van der Waals surface area contributed by atoms with E-state index in [2.05, 4.69) is 10.3 Å². The van der Waals surface area contributed by atoms with Gasteiger partial charge in [0.25, 0.3) is 0 Å². The van der Waals surface area contributed by atoms with Gasteiger partial charge < -0.3 is 10.4 Å². The first-order chi connectivity index (χ1) is 10.8. The van der Waals surface area contributed by atoms with Gasteiger partial charge in [-0.15, -0.1) is 0 Å². The highest BCUT2D eigenvalue weighted by Gasteiger charge is 2.31. The van der Waals surface area contributed by atoms with Crippen LogP contribution in [0.25, 0.3) is 0 Å². The van der Waals surface area contributed by atoms with Gasteiger partial charge in [0.1, 0.15) is 5.71 Å². The molecule has 0 spiro atoms. The van der Waals surface area contributed by atoms with E-state index in [-0.39, 0.29) is 11.3 Å². The lowest BCUT2D eigenvalue weighted by atomic mass is 10.1. The molecule has 1 aromatic carbocycles. The van der Waals surface area contributed by atoms with Crippen molar-refractivity contribution in [3.63, 3.8) is 0 Å². The van der Waals surface area contributed by atoms with Crippen LogP contribution >= 0.6 is 0 Å². The van der Waals surface area contributed by atoms with Gasteiger partial charge in [0.05, 0.1) is 11.3 Å². The van der Waals surface area contributed by atoms with Gasteiger partial charge in [0, 0.05) is 6.42 Å². The zero-order valence-corrected chi connectivity index (χ0v) is 13.4. The highest BCUT2D eigenvalue weighted by atomic mass is 32.2. The summed E-state index contributed by atoms with van der Waals surface area (Å²) in [5.74, 6) is -1.70. The molecule has 0 bridgehead atoms. The standard InChI is InChI=1S/C14H16N2O6S/c1-3-12(17)13(18)8-11(15-19)14(16-20)23(21,22)10-6-4-9(2)5-7-10/h4-7,19-20H,3,8H2,1-2H3/b15-11+,16-14-. The van der Waals surface area contributed by atoms with Crippen molar-refractivity contribution in [2.75, 3.05) is 0 Å². The van der Waals surface area contributed by atoms with Gasteiger partial charge >= 0.3 is 0 Å². The number of sulfone groups is 1. The zero-order chi connectivity index (χ0) is 17.6. The Labute approximate surface area is 133 Å². The van der Waals surface area contributed by atoms with Gasteiger partial charge in [0.15, 0.2) is 5.78 Å². The quantitative estimate of drug-likeness (QED) is 0.264. The summed E-state index contributed by atoms with van der Waals surface area (Å²) in [5, 5.41) is 22.3. The molecule has 23 heavy (non-hydrogen) atoms. The van der Waals surface area contributed by atoms with E-state index in [1.165, 1.54) is 31.2 Å². The van der Waals surface area contributed by atoms with Crippen molar-refractivity contribution in [1.29, 1.82) is 0 Å². The van der Waals surface area contributed by atoms with E-state index in [9.17, 15) is 18.0 Å². The van der Waals surface area contributed by atoms with Gasteiger partial charge in [-0.2, -0.15) is 0 Å². The van der Waals surface area contributed by atoms with Crippen LogP contribution in [0.4, 0.5) is 0 Å². The Balaban J connectivity index is 3.22. The van der Waals surface area contributed by atoms with Gasteiger partial charge in [-0.05, 0) is 19.1 Å². The summed E-state index contributed by atoms with van der Waals surface area (Å²) >= 11 is 0. The van der Waals surface area contributed by atoms with E-state index in [0.717, 1.165) is 5.56 Å². The average molecular weight is 340 g/mol. The summed E-state index contributed by atoms with van der Waals surface area (Å²) in [4.78, 5) is 22.7. The molecule has 0 aliphatic heterocycles. The summed E-state index contributed by atoms with van der Waals surface area (Å²) in [6, 6.07) is 5.63. The molecule has 0 aromatic heterocycles. The molecule has 124 valence electrons. The third-order valence-corrected chi connectivity index (χ3v) is 4.72. The molecule has 0 heterocycles. The number of hydrogen-bond acceptors (Lipinski definition) is 8. The fourth-order valence-electron chi connectivity index (χ4n) is 1.70. The Morgan fingerprint density at radius 3 is 2.04 bits per heavy atom. The minimum absolute atomic E-state index is 0.0755. The molecule has 0 radical (unpaired) electrons. The van der Waals surface area contributed by atoms with E-state index in [1.54, 1.807) is 6.92 Å². The highest BCUT2D eigenvalue weighted by molar-refractivity contribution is 8.08. The average Bonchev–Trinajstić information content (AvgIpc) is 2.53. The predicted octanol–water partition coefficient (Wildman–Crippen LogP) is 1.32. The first kappa shape index (κ1) is 18.5. The van der Waals surface area contributed by atoms with Crippen molar-refractivity contribution in [1.82, 2.24) is 0 Å². The Hall–Kier alpha value is -2.55. The van der Waals surface area contributed by atoms with Crippen LogP contribution < -0.4 is 0 Å². The first-order valence-electron chi connectivity index (χ1n) is 6.59. The van der Waals surface area contributed by atoms with Gasteiger partial charge in [0.2, 0.25) is 20.7 Å². The van der Waals surface area contributed by atoms with Crippen molar-refractivity contribution < 1.29 is 28.4 Å². The number of oxime groups is 2. The molecule has 9 heteroatoms. The second-order valence-electron chi connectivity index (χ2n) is 4.65. The maximum Gasteiger partial charge on any atom is 0.229 e. The van der Waals surface area contributed by atoms with E-state index >= 15 is 0 Å². The summed E-state index contributed by atoms with van der Waals surface area (Å²) in [7, 11) is -4.31. The van der Waals surface area contributed by atoms with Crippen LogP contribution in [-0.2, 0) is 19.4 Å². The van der Waals surface area contributed by atoms with Crippen molar-refractivity contribution in [2.24, 2.45) is 10.3 Å². The van der Waals surface area contributed by atoms with Crippen molar-refractivity contribution in [3.05, 3.63) is 29.8 Å². The number of ketones is 2. The molecule has 0 saturated carbocycles. The molecule has 0 saturated heterocycles. The minimum Gasteiger partial charge on any atom is -0.411 e. The molecule has 0 aliphatic carbocycles. The Morgan fingerprint density at radius 2 is 1.61 bits per heavy atom. The van der Waals surface area contributed by atoms with E-state index in [0.29, 0.717) is 0 Å². The van der Waals surface area contributed by atoms with Crippen LogP contribution in [0.2, 0.25) is 0 Å². The van der Waals surface area contributed by atoms with Crippen molar-refractivity contribution in [2.45, 2.75) is 31.6 Å². The van der Waals surface area contributed by atoms with E-state index in [1.807, 2.05) is 0 Å². The number of hydrogen-bond donors (Lipinski definition) is 2.